The van der Waals surface area contributed by atoms with Crippen LogP contribution in [0.25, 0.3) is 0 Å². The number of unbranched alkanes of at least 4 members (excludes halogenated alkanes) is 1. The van der Waals surface area contributed by atoms with Crippen LogP contribution >= 0.6 is 0 Å². The van der Waals surface area contributed by atoms with Crippen molar-refractivity contribution in [3.8, 4) is 0 Å². The number of esters is 1. The van der Waals surface area contributed by atoms with Crippen molar-refractivity contribution in [2.24, 2.45) is 5.92 Å². The van der Waals surface area contributed by atoms with Gasteiger partial charge in [-0.25, -0.2) is 0 Å². The Balaban J connectivity index is 0. The molecule has 0 N–H and O–H groups in total. The molecule has 74 valence electrons. The second kappa shape index (κ2) is 10.2. The monoisotopic (exact) mass is 236 g/mol. The van der Waals surface area contributed by atoms with E-state index in [1.807, 2.05) is 6.92 Å². The van der Waals surface area contributed by atoms with Crippen LogP contribution < -0.4 is 0 Å². The summed E-state index contributed by atoms with van der Waals surface area (Å²) in [6.45, 7) is 6.74. The van der Waals surface area contributed by atoms with E-state index in [0.717, 1.165) is 18.8 Å². The summed E-state index contributed by atoms with van der Waals surface area (Å²) in [6, 6.07) is 0. The van der Waals surface area contributed by atoms with Crippen molar-refractivity contribution in [3.05, 3.63) is 0 Å². The van der Waals surface area contributed by atoms with Crippen LogP contribution in [0.2, 0.25) is 0 Å². The van der Waals surface area contributed by atoms with Gasteiger partial charge in [-0.15, -0.1) is 0 Å². The number of ether oxygens (including phenoxy) is 1. The summed E-state index contributed by atoms with van der Waals surface area (Å²) in [6.07, 6.45) is 3.90. The van der Waals surface area contributed by atoms with Gasteiger partial charge in [-0.3, -0.25) is 4.79 Å². The van der Waals surface area contributed by atoms with Crippen molar-refractivity contribution in [1.29, 1.82) is 0 Å². The summed E-state index contributed by atoms with van der Waals surface area (Å²) in [7, 11) is 0. The maximum Gasteiger partial charge on any atom is 0.305 e. The van der Waals surface area contributed by atoms with Gasteiger partial charge in [-0.1, -0.05) is 26.7 Å². The summed E-state index contributed by atoms with van der Waals surface area (Å²) >= 11 is 0. The van der Waals surface area contributed by atoms with Gasteiger partial charge in [0.25, 0.3) is 0 Å². The van der Waals surface area contributed by atoms with Crippen LogP contribution in [-0.2, 0) is 29.0 Å². The number of carbonyl (C=O) groups is 1. The van der Waals surface area contributed by atoms with Crippen molar-refractivity contribution in [3.63, 3.8) is 0 Å². The van der Waals surface area contributed by atoms with Crippen LogP contribution in [-0.4, -0.2) is 12.6 Å². The quantitative estimate of drug-likeness (QED) is 0.403. The minimum atomic E-state index is -0.0544. The Hall–Kier alpha value is 0.0934. The van der Waals surface area contributed by atoms with Crippen LogP contribution in [0.1, 0.15) is 46.5 Å². The Morgan fingerprint density at radius 2 is 1.92 bits per heavy atom. The molecule has 0 heterocycles. The fourth-order valence-corrected chi connectivity index (χ4v) is 1.06. The first-order valence-electron chi connectivity index (χ1n) is 4.82. The van der Waals surface area contributed by atoms with Crippen molar-refractivity contribution in [2.45, 2.75) is 46.5 Å². The number of hydrogen-bond acceptors (Lipinski definition) is 2. The third-order valence-electron chi connectivity index (χ3n) is 1.72. The molecule has 0 radical (unpaired) electrons. The van der Waals surface area contributed by atoms with Gasteiger partial charge in [-0.05, 0) is 19.3 Å². The molecule has 0 atom stereocenters. The Bertz CT molecular complexity index is 124. The topological polar surface area (TPSA) is 26.3 Å². The fourth-order valence-electron chi connectivity index (χ4n) is 1.06. The molecule has 13 heavy (non-hydrogen) atoms. The molecule has 0 aromatic rings. The summed E-state index contributed by atoms with van der Waals surface area (Å²) < 4.78 is 4.81. The zero-order valence-electron chi connectivity index (χ0n) is 9.14. The third kappa shape index (κ3) is 12.1. The number of hydrogen-bond donors (Lipinski definition) is 0. The minimum absolute atomic E-state index is 0. The second-order valence-electron chi connectivity index (χ2n) is 3.44. The van der Waals surface area contributed by atoms with Crippen LogP contribution in [0.3, 0.4) is 0 Å². The van der Waals surface area contributed by atoms with Crippen LogP contribution in [0, 0.1) is 5.92 Å². The normalized spacial score (nSPS) is 9.54. The molecule has 0 amide bonds. The van der Waals surface area contributed by atoms with Gasteiger partial charge >= 0.3 is 5.97 Å². The molecule has 2 nitrogen and oxygen atoms in total. The molecule has 0 aliphatic carbocycles. The molecule has 0 saturated carbocycles. The first-order chi connectivity index (χ1) is 5.66. The molecule has 0 rings (SSSR count). The van der Waals surface area contributed by atoms with E-state index in [9.17, 15) is 4.79 Å². The zero-order valence-corrected chi connectivity index (χ0v) is 12.1. The van der Waals surface area contributed by atoms with E-state index in [0.29, 0.717) is 13.0 Å². The SMILES string of the molecule is CCOC(=O)CCCCC(C)C.[Zn]. The molecule has 0 aliphatic rings. The van der Waals surface area contributed by atoms with Crippen LogP contribution in [0.4, 0.5) is 0 Å². The minimum Gasteiger partial charge on any atom is -0.466 e. The van der Waals surface area contributed by atoms with Gasteiger partial charge < -0.3 is 4.74 Å². The summed E-state index contributed by atoms with van der Waals surface area (Å²) in [4.78, 5) is 10.9. The maximum absolute atomic E-state index is 10.9. The molecular weight excluding hydrogens is 217 g/mol. The average molecular weight is 238 g/mol. The zero-order chi connectivity index (χ0) is 9.40. The fraction of sp³-hybridized carbons (Fsp3) is 0.900. The van der Waals surface area contributed by atoms with Crippen molar-refractivity contribution < 1.29 is 29.0 Å². The summed E-state index contributed by atoms with van der Waals surface area (Å²) in [5.74, 6) is 0.688. The molecular formula is C10H20O2Zn. The second-order valence-corrected chi connectivity index (χ2v) is 3.44. The molecule has 0 saturated heterocycles. The van der Waals surface area contributed by atoms with Crippen LogP contribution in [0.5, 0.6) is 0 Å². The van der Waals surface area contributed by atoms with Crippen molar-refractivity contribution in [2.75, 3.05) is 6.61 Å². The Morgan fingerprint density at radius 1 is 1.31 bits per heavy atom. The Morgan fingerprint density at radius 3 is 2.38 bits per heavy atom. The average Bonchev–Trinajstić information content (AvgIpc) is 1.98. The van der Waals surface area contributed by atoms with Gasteiger partial charge in [0, 0.05) is 25.9 Å². The van der Waals surface area contributed by atoms with Crippen LogP contribution in [0.15, 0.2) is 0 Å². The standard InChI is InChI=1S/C10H20O2.Zn/c1-4-12-10(11)8-6-5-7-9(2)3;/h9H,4-8H2,1-3H3;. The summed E-state index contributed by atoms with van der Waals surface area (Å²) in [5, 5.41) is 0. The van der Waals surface area contributed by atoms with Gasteiger partial charge in [0.1, 0.15) is 0 Å². The molecule has 0 aromatic heterocycles. The van der Waals surface area contributed by atoms with E-state index in [1.54, 1.807) is 0 Å². The van der Waals surface area contributed by atoms with Crippen molar-refractivity contribution >= 4 is 5.97 Å². The molecule has 0 fully saturated rings. The van der Waals surface area contributed by atoms with Gasteiger partial charge in [0.2, 0.25) is 0 Å². The largest absolute Gasteiger partial charge is 0.466 e. The molecule has 0 bridgehead atoms. The van der Waals surface area contributed by atoms with Gasteiger partial charge in [0.15, 0.2) is 0 Å². The Kier molecular flexibility index (Phi) is 12.2. The molecule has 0 unspecified atom stereocenters. The van der Waals surface area contributed by atoms with Gasteiger partial charge in [0.05, 0.1) is 6.61 Å². The van der Waals surface area contributed by atoms with E-state index < -0.39 is 0 Å². The molecule has 0 spiro atoms. The van der Waals surface area contributed by atoms with E-state index in [1.165, 1.54) is 6.42 Å². The third-order valence-corrected chi connectivity index (χ3v) is 1.72. The number of carbonyl (C=O) groups excluding carboxylic acids is 1. The molecule has 0 aliphatic heterocycles. The van der Waals surface area contributed by atoms with E-state index in [2.05, 4.69) is 13.8 Å². The number of rotatable bonds is 6. The predicted octanol–water partition coefficient (Wildman–Crippen LogP) is 2.76. The predicted molar refractivity (Wildman–Crippen MR) is 49.9 cm³/mol. The summed E-state index contributed by atoms with van der Waals surface area (Å²) in [5.41, 5.74) is 0. The Labute approximate surface area is 94.2 Å². The molecule has 3 heteroatoms. The molecule has 0 aromatic carbocycles. The first kappa shape index (κ1) is 15.6. The first-order valence-corrected chi connectivity index (χ1v) is 4.82. The van der Waals surface area contributed by atoms with E-state index >= 15 is 0 Å². The van der Waals surface area contributed by atoms with Crippen molar-refractivity contribution in [1.82, 2.24) is 0 Å². The van der Waals surface area contributed by atoms with E-state index in [-0.39, 0.29) is 25.4 Å². The van der Waals surface area contributed by atoms with Gasteiger partial charge in [-0.2, -0.15) is 0 Å². The van der Waals surface area contributed by atoms with E-state index in [4.69, 9.17) is 4.74 Å². The smallest absolute Gasteiger partial charge is 0.305 e. The maximum atomic E-state index is 10.9.